The lowest BCUT2D eigenvalue weighted by atomic mass is 9.68. The molecular formula is C27H34Cl2N6O2. The molecule has 5 rings (SSSR count). The lowest BCUT2D eigenvalue weighted by Gasteiger charge is -2.53. The number of hydrogen-bond donors (Lipinski definition) is 0. The van der Waals surface area contributed by atoms with Gasteiger partial charge in [0.25, 0.3) is 0 Å². The van der Waals surface area contributed by atoms with Crippen LogP contribution in [-0.4, -0.2) is 69.9 Å². The molecule has 0 radical (unpaired) electrons. The molecule has 2 aromatic heterocycles. The summed E-state index contributed by atoms with van der Waals surface area (Å²) >= 11 is 12.6. The molecule has 1 aromatic carbocycles. The van der Waals surface area contributed by atoms with E-state index in [0.29, 0.717) is 29.1 Å². The summed E-state index contributed by atoms with van der Waals surface area (Å²) in [5.41, 5.74) is 3.48. The van der Waals surface area contributed by atoms with Crippen molar-refractivity contribution in [1.82, 2.24) is 24.6 Å². The molecule has 2 fully saturated rings. The standard InChI is InChI=1S/C27H34Cl2N6O2/c1-5-37-24(36)15-33-10-6-9-27(4,16-33)19-13-34(14-19)23-12-30-25-17(2)32-35(26(25)31-23)18(3)21-8-7-20(28)11-22(21)29/h7-8,11-12,18-19H,5-6,9-10,13-16H2,1-4H3/t18-,27+/m1/s1. The minimum Gasteiger partial charge on any atom is -0.465 e. The van der Waals surface area contributed by atoms with E-state index >= 15 is 0 Å². The molecule has 8 nitrogen and oxygen atoms in total. The van der Waals surface area contributed by atoms with E-state index in [2.05, 4.69) is 23.6 Å². The van der Waals surface area contributed by atoms with Gasteiger partial charge in [0.1, 0.15) is 11.3 Å². The molecule has 198 valence electrons. The highest BCUT2D eigenvalue weighted by Crippen LogP contribution is 2.43. The maximum absolute atomic E-state index is 12.0. The zero-order valence-electron chi connectivity index (χ0n) is 21.9. The van der Waals surface area contributed by atoms with Crippen LogP contribution < -0.4 is 4.90 Å². The predicted octanol–water partition coefficient (Wildman–Crippen LogP) is 5.15. The maximum atomic E-state index is 12.0. The molecule has 2 aliphatic heterocycles. The second-order valence-electron chi connectivity index (χ2n) is 10.6. The molecule has 0 spiro atoms. The molecule has 0 N–H and O–H groups in total. The highest BCUT2D eigenvalue weighted by Gasteiger charge is 2.45. The van der Waals surface area contributed by atoms with E-state index in [0.717, 1.165) is 60.8 Å². The number of rotatable bonds is 7. The van der Waals surface area contributed by atoms with Crippen LogP contribution >= 0.6 is 23.2 Å². The fraction of sp³-hybridized carbons (Fsp3) is 0.556. The molecule has 4 heterocycles. The molecule has 10 heteroatoms. The number of aromatic nitrogens is 4. The van der Waals surface area contributed by atoms with Crippen LogP contribution in [0, 0.1) is 18.3 Å². The van der Waals surface area contributed by atoms with Crippen molar-refractivity contribution in [1.29, 1.82) is 0 Å². The molecule has 3 aromatic rings. The average molecular weight is 546 g/mol. The summed E-state index contributed by atoms with van der Waals surface area (Å²) in [5, 5.41) is 5.97. The Hall–Kier alpha value is -2.42. The van der Waals surface area contributed by atoms with E-state index in [9.17, 15) is 4.79 Å². The summed E-state index contributed by atoms with van der Waals surface area (Å²) < 4.78 is 7.07. The minimum atomic E-state index is -0.133. The molecule has 37 heavy (non-hydrogen) atoms. The fourth-order valence-corrected chi connectivity index (χ4v) is 6.34. The molecule has 2 aliphatic rings. The van der Waals surface area contributed by atoms with Crippen LogP contribution in [0.2, 0.25) is 10.0 Å². The first-order chi connectivity index (χ1) is 17.7. The molecule has 0 bridgehead atoms. The first kappa shape index (κ1) is 26.2. The van der Waals surface area contributed by atoms with Crippen LogP contribution in [0.15, 0.2) is 24.4 Å². The predicted molar refractivity (Wildman–Crippen MR) is 146 cm³/mol. The number of hydrogen-bond acceptors (Lipinski definition) is 7. The summed E-state index contributed by atoms with van der Waals surface area (Å²) in [5.74, 6) is 1.27. The molecule has 0 aliphatic carbocycles. The number of likely N-dealkylation sites (tertiary alicyclic amines) is 1. The SMILES string of the molecule is CCOC(=O)CN1CCC[C@](C)(C2CN(c3cnc4c(C)nn([C@H](C)c5ccc(Cl)cc5Cl)c4n3)C2)C1. The van der Waals surface area contributed by atoms with Crippen molar-refractivity contribution in [2.24, 2.45) is 11.3 Å². The summed E-state index contributed by atoms with van der Waals surface area (Å²) in [7, 11) is 0. The highest BCUT2D eigenvalue weighted by molar-refractivity contribution is 6.35. The van der Waals surface area contributed by atoms with Gasteiger partial charge >= 0.3 is 5.97 Å². The van der Waals surface area contributed by atoms with Gasteiger partial charge in [-0.15, -0.1) is 0 Å². The Labute approximate surface area is 227 Å². The summed E-state index contributed by atoms with van der Waals surface area (Å²) in [6, 6.07) is 5.41. The number of anilines is 1. The largest absolute Gasteiger partial charge is 0.465 e. The topological polar surface area (TPSA) is 76.4 Å². The van der Waals surface area contributed by atoms with Crippen molar-refractivity contribution in [2.75, 3.05) is 44.2 Å². The van der Waals surface area contributed by atoms with E-state index in [4.69, 9.17) is 43.0 Å². The van der Waals surface area contributed by atoms with Gasteiger partial charge in [-0.25, -0.2) is 14.6 Å². The normalized spacial score (nSPS) is 21.7. The second-order valence-corrected chi connectivity index (χ2v) is 11.5. The highest BCUT2D eigenvalue weighted by atomic mass is 35.5. The molecule has 2 saturated heterocycles. The number of carbonyl (C=O) groups is 1. The maximum Gasteiger partial charge on any atom is 0.320 e. The molecule has 0 amide bonds. The Morgan fingerprint density at radius 3 is 2.81 bits per heavy atom. The number of esters is 1. The third-order valence-electron chi connectivity index (χ3n) is 7.99. The van der Waals surface area contributed by atoms with Gasteiger partial charge in [0, 0.05) is 35.6 Å². The number of halogens is 2. The number of benzene rings is 1. The number of nitrogens with zero attached hydrogens (tertiary/aromatic N) is 6. The third kappa shape index (κ3) is 5.16. The number of piperidine rings is 1. The summed E-state index contributed by atoms with van der Waals surface area (Å²) in [6.45, 7) is 12.7. The van der Waals surface area contributed by atoms with Crippen molar-refractivity contribution in [3.05, 3.63) is 45.7 Å². The van der Waals surface area contributed by atoms with Crippen molar-refractivity contribution < 1.29 is 9.53 Å². The lowest BCUT2D eigenvalue weighted by molar-refractivity contribution is -0.145. The van der Waals surface area contributed by atoms with Gasteiger partial charge in [-0.05, 0) is 63.3 Å². The van der Waals surface area contributed by atoms with Crippen LogP contribution in [0.3, 0.4) is 0 Å². The van der Waals surface area contributed by atoms with Gasteiger partial charge < -0.3 is 9.64 Å². The first-order valence-corrected chi connectivity index (χ1v) is 13.7. The fourth-order valence-electron chi connectivity index (χ4n) is 5.78. The monoisotopic (exact) mass is 544 g/mol. The van der Waals surface area contributed by atoms with Crippen LogP contribution in [0.5, 0.6) is 0 Å². The zero-order chi connectivity index (χ0) is 26.3. The number of carbonyl (C=O) groups excluding carboxylic acids is 1. The molecule has 2 atom stereocenters. The van der Waals surface area contributed by atoms with Gasteiger partial charge in [0.15, 0.2) is 5.65 Å². The zero-order valence-corrected chi connectivity index (χ0v) is 23.4. The van der Waals surface area contributed by atoms with Gasteiger partial charge in [0.05, 0.1) is 31.1 Å². The number of fused-ring (bicyclic) bond motifs is 1. The van der Waals surface area contributed by atoms with Gasteiger partial charge in [0.2, 0.25) is 0 Å². The Kier molecular flexibility index (Phi) is 7.35. The quantitative estimate of drug-likeness (QED) is 0.380. The van der Waals surface area contributed by atoms with Crippen molar-refractivity contribution >= 4 is 46.2 Å². The van der Waals surface area contributed by atoms with E-state index in [1.165, 1.54) is 6.42 Å². The van der Waals surface area contributed by atoms with E-state index in [1.54, 1.807) is 6.07 Å². The van der Waals surface area contributed by atoms with Crippen LogP contribution in [0.25, 0.3) is 11.2 Å². The number of ether oxygens (including phenoxy) is 1. The van der Waals surface area contributed by atoms with E-state index in [-0.39, 0.29) is 17.4 Å². The summed E-state index contributed by atoms with van der Waals surface area (Å²) in [6.07, 6.45) is 4.12. The van der Waals surface area contributed by atoms with Crippen molar-refractivity contribution in [3.63, 3.8) is 0 Å². The van der Waals surface area contributed by atoms with Crippen molar-refractivity contribution in [3.8, 4) is 0 Å². The van der Waals surface area contributed by atoms with E-state index < -0.39 is 0 Å². The Balaban J connectivity index is 1.32. The van der Waals surface area contributed by atoms with Gasteiger partial charge in [-0.2, -0.15) is 5.10 Å². The van der Waals surface area contributed by atoms with Gasteiger partial charge in [-0.1, -0.05) is 36.2 Å². The number of aryl methyl sites for hydroxylation is 1. The molecule has 0 saturated carbocycles. The second kappa shape index (κ2) is 10.4. The Morgan fingerprint density at radius 2 is 2.08 bits per heavy atom. The first-order valence-electron chi connectivity index (χ1n) is 13.0. The van der Waals surface area contributed by atoms with Crippen LogP contribution in [0.4, 0.5) is 5.82 Å². The summed E-state index contributed by atoms with van der Waals surface area (Å²) in [4.78, 5) is 26.3. The minimum absolute atomic E-state index is 0.124. The van der Waals surface area contributed by atoms with Crippen molar-refractivity contribution in [2.45, 2.75) is 46.6 Å². The van der Waals surface area contributed by atoms with E-state index in [1.807, 2.05) is 36.9 Å². The molecule has 0 unspecified atom stereocenters. The third-order valence-corrected chi connectivity index (χ3v) is 8.56. The lowest BCUT2D eigenvalue weighted by Crippen LogP contribution is -2.59. The smallest absolute Gasteiger partial charge is 0.320 e. The Bertz CT molecular complexity index is 1310. The average Bonchev–Trinajstić information content (AvgIpc) is 3.13. The van der Waals surface area contributed by atoms with Gasteiger partial charge in [-0.3, -0.25) is 9.69 Å². The Morgan fingerprint density at radius 1 is 1.30 bits per heavy atom. The van der Waals surface area contributed by atoms with Crippen LogP contribution in [-0.2, 0) is 9.53 Å². The van der Waals surface area contributed by atoms with Crippen LogP contribution in [0.1, 0.15) is 50.9 Å². The molecular weight excluding hydrogens is 511 g/mol.